The summed E-state index contributed by atoms with van der Waals surface area (Å²) in [5.74, 6) is 6.33. The van der Waals surface area contributed by atoms with Gasteiger partial charge in [0.25, 0.3) is 0 Å². The molecule has 3 heterocycles. The van der Waals surface area contributed by atoms with Crippen molar-refractivity contribution in [1.82, 2.24) is 19.5 Å². The van der Waals surface area contributed by atoms with Crippen LogP contribution >= 0.6 is 0 Å². The lowest BCUT2D eigenvalue weighted by Gasteiger charge is -2.35. The smallest absolute Gasteiger partial charge is 0.192 e. The average Bonchev–Trinajstić information content (AvgIpc) is 3.06. The van der Waals surface area contributed by atoms with Crippen LogP contribution in [0.3, 0.4) is 0 Å². The highest BCUT2D eigenvalue weighted by Gasteiger charge is 2.36. The van der Waals surface area contributed by atoms with Crippen molar-refractivity contribution in [3.63, 3.8) is 0 Å². The van der Waals surface area contributed by atoms with Crippen molar-refractivity contribution >= 4 is 19.5 Å². The zero-order valence-corrected chi connectivity index (χ0v) is 18.1. The minimum absolute atomic E-state index is 0.0115. The Morgan fingerprint density at radius 1 is 1.26 bits per heavy atom. The van der Waals surface area contributed by atoms with Crippen LogP contribution < -0.4 is 0 Å². The summed E-state index contributed by atoms with van der Waals surface area (Å²) in [6, 6.07) is 0. The minimum Gasteiger partial charge on any atom is -0.416 e. The van der Waals surface area contributed by atoms with Crippen LogP contribution in [0.1, 0.15) is 58.4 Å². The van der Waals surface area contributed by atoms with Gasteiger partial charge in [0.2, 0.25) is 0 Å². The maximum Gasteiger partial charge on any atom is 0.192 e. The zero-order valence-electron chi connectivity index (χ0n) is 17.1. The molecule has 0 radical (unpaired) electrons. The fourth-order valence-electron chi connectivity index (χ4n) is 2.82. The molecule has 0 N–H and O–H groups in total. The number of hydrogen-bond donors (Lipinski definition) is 0. The fraction of sp³-hybridized carbons (Fsp3) is 0.650. The summed E-state index contributed by atoms with van der Waals surface area (Å²) in [6.07, 6.45) is 7.31. The molecule has 6 nitrogen and oxygen atoms in total. The Balaban J connectivity index is 1.68. The minimum atomic E-state index is -1.72. The quantitative estimate of drug-likeness (QED) is 0.446. The number of imidazole rings is 1. The van der Waals surface area contributed by atoms with E-state index >= 15 is 0 Å². The summed E-state index contributed by atoms with van der Waals surface area (Å²) < 4.78 is 14.0. The fourth-order valence-corrected chi connectivity index (χ4v) is 3.86. The van der Waals surface area contributed by atoms with Gasteiger partial charge in [-0.2, -0.15) is 0 Å². The van der Waals surface area contributed by atoms with E-state index in [9.17, 15) is 0 Å². The molecule has 0 bridgehead atoms. The Kier molecular flexibility index (Phi) is 5.99. The third-order valence-electron chi connectivity index (χ3n) is 5.53. The molecule has 2 aromatic rings. The van der Waals surface area contributed by atoms with Gasteiger partial charge in [-0.3, -0.25) is 4.57 Å². The largest absolute Gasteiger partial charge is 0.416 e. The summed E-state index contributed by atoms with van der Waals surface area (Å²) in [5, 5.41) is 0.216. The molecule has 0 saturated carbocycles. The number of aromatic nitrogens is 4. The predicted octanol–water partition coefficient (Wildman–Crippen LogP) is 4.29. The van der Waals surface area contributed by atoms with Crippen molar-refractivity contribution in [2.75, 3.05) is 13.2 Å². The Labute approximate surface area is 162 Å². The van der Waals surface area contributed by atoms with E-state index in [1.165, 1.54) is 0 Å². The highest BCUT2D eigenvalue weighted by Crippen LogP contribution is 2.36. The average molecular weight is 387 g/mol. The second-order valence-electron chi connectivity index (χ2n) is 8.53. The summed E-state index contributed by atoms with van der Waals surface area (Å²) >= 11 is 0. The first-order valence-electron chi connectivity index (χ1n) is 9.71. The zero-order chi connectivity index (χ0) is 19.5. The molecule has 1 atom stereocenters. The highest BCUT2D eigenvalue weighted by molar-refractivity contribution is 6.74. The van der Waals surface area contributed by atoms with Gasteiger partial charge in [0.1, 0.15) is 23.8 Å². The Morgan fingerprint density at radius 2 is 2.07 bits per heavy atom. The van der Waals surface area contributed by atoms with Crippen LogP contribution in [0.4, 0.5) is 0 Å². The van der Waals surface area contributed by atoms with Crippen molar-refractivity contribution in [1.29, 1.82) is 0 Å². The molecule has 1 unspecified atom stereocenters. The van der Waals surface area contributed by atoms with Gasteiger partial charge in [-0.15, -0.1) is 0 Å². The molecule has 27 heavy (non-hydrogen) atoms. The lowest BCUT2D eigenvalue weighted by atomic mass is 10.2. The van der Waals surface area contributed by atoms with E-state index in [0.717, 1.165) is 37.0 Å². The Hall–Kier alpha value is -1.75. The van der Waals surface area contributed by atoms with E-state index < -0.39 is 8.32 Å². The molecule has 0 amide bonds. The number of fused-ring (bicyclic) bond motifs is 1. The highest BCUT2D eigenvalue weighted by atomic mass is 28.4. The van der Waals surface area contributed by atoms with E-state index in [-0.39, 0.29) is 11.3 Å². The van der Waals surface area contributed by atoms with Gasteiger partial charge in [-0.25, -0.2) is 15.0 Å². The predicted molar refractivity (Wildman–Crippen MR) is 109 cm³/mol. The molecule has 2 aromatic heterocycles. The molecule has 1 fully saturated rings. The molecule has 1 aliphatic rings. The molecule has 0 spiro atoms. The first-order chi connectivity index (χ1) is 12.8. The van der Waals surface area contributed by atoms with E-state index in [2.05, 4.69) is 60.7 Å². The lowest BCUT2D eigenvalue weighted by molar-refractivity contribution is -0.0298. The summed E-state index contributed by atoms with van der Waals surface area (Å²) in [5.41, 5.74) is 2.20. The van der Waals surface area contributed by atoms with Gasteiger partial charge in [0.05, 0.1) is 6.33 Å². The van der Waals surface area contributed by atoms with Gasteiger partial charge < -0.3 is 9.16 Å². The maximum absolute atomic E-state index is 6.17. The first-order valence-corrected chi connectivity index (χ1v) is 12.6. The van der Waals surface area contributed by atoms with E-state index in [1.807, 2.05) is 4.57 Å². The molecule has 146 valence electrons. The van der Waals surface area contributed by atoms with Gasteiger partial charge in [0, 0.05) is 19.6 Å². The third-order valence-corrected chi connectivity index (χ3v) is 10.1. The summed E-state index contributed by atoms with van der Waals surface area (Å²) in [6.45, 7) is 12.7. The number of hydrogen-bond acceptors (Lipinski definition) is 5. The first kappa shape index (κ1) is 20.0. The van der Waals surface area contributed by atoms with E-state index in [0.29, 0.717) is 18.7 Å². The van der Waals surface area contributed by atoms with Crippen LogP contribution in [0, 0.1) is 11.8 Å². The van der Waals surface area contributed by atoms with Crippen LogP contribution in [-0.4, -0.2) is 41.1 Å². The molecule has 1 saturated heterocycles. The summed E-state index contributed by atoms with van der Waals surface area (Å²) in [4.78, 5) is 13.2. The van der Waals surface area contributed by atoms with Crippen molar-refractivity contribution in [2.45, 2.75) is 70.8 Å². The second kappa shape index (κ2) is 8.09. The van der Waals surface area contributed by atoms with Gasteiger partial charge >= 0.3 is 0 Å². The van der Waals surface area contributed by atoms with Crippen molar-refractivity contribution in [2.24, 2.45) is 0 Å². The van der Waals surface area contributed by atoms with Crippen molar-refractivity contribution in [3.8, 4) is 11.8 Å². The van der Waals surface area contributed by atoms with Crippen LogP contribution in [0.25, 0.3) is 11.2 Å². The maximum atomic E-state index is 6.17. The Morgan fingerprint density at radius 3 is 2.78 bits per heavy atom. The summed E-state index contributed by atoms with van der Waals surface area (Å²) in [7, 11) is -1.72. The molecular weight excluding hydrogens is 356 g/mol. The van der Waals surface area contributed by atoms with Gasteiger partial charge in [-0.1, -0.05) is 26.7 Å². The van der Waals surface area contributed by atoms with Crippen LogP contribution in [0.15, 0.2) is 12.7 Å². The third kappa shape index (κ3) is 4.57. The number of rotatable bonds is 4. The molecule has 0 aliphatic carbocycles. The normalized spacial score (nSPS) is 18.3. The second-order valence-corrected chi connectivity index (χ2v) is 13.3. The molecule has 7 heteroatoms. The van der Waals surface area contributed by atoms with Gasteiger partial charge in [0.15, 0.2) is 14.0 Å². The Bertz CT molecular complexity index is 839. The molecule has 1 aliphatic heterocycles. The van der Waals surface area contributed by atoms with E-state index in [4.69, 9.17) is 9.16 Å². The van der Waals surface area contributed by atoms with Crippen molar-refractivity contribution in [3.05, 3.63) is 18.3 Å². The molecule has 3 rings (SSSR count). The number of ether oxygens (including phenoxy) is 1. The van der Waals surface area contributed by atoms with Gasteiger partial charge in [-0.05, 0) is 43.3 Å². The van der Waals surface area contributed by atoms with Crippen LogP contribution in [0.2, 0.25) is 18.1 Å². The van der Waals surface area contributed by atoms with E-state index in [1.54, 1.807) is 12.7 Å². The monoisotopic (exact) mass is 386 g/mol. The topological polar surface area (TPSA) is 62.1 Å². The molecular formula is C20H30N4O2Si. The van der Waals surface area contributed by atoms with Crippen molar-refractivity contribution < 1.29 is 9.16 Å². The molecule has 0 aromatic carbocycles. The lowest BCUT2D eigenvalue weighted by Crippen LogP contribution is -2.40. The number of nitrogens with zero attached hydrogens (tertiary/aromatic N) is 4. The van der Waals surface area contributed by atoms with Crippen LogP contribution in [0.5, 0.6) is 0 Å². The SMILES string of the molecule is CC(C)(C)[Si](C)(C)OCCC#Cc1ncnc2c1ncn2C1CCCCO1. The van der Waals surface area contributed by atoms with Crippen LogP contribution in [-0.2, 0) is 9.16 Å². The standard InChI is InChI=1S/C20H30N4O2Si/c1-20(2,3)27(4,5)26-13-9-6-10-16-18-19(22-14-21-16)24(15-23-18)17-11-7-8-12-25-17/h14-15,17H,7-9,11-13H2,1-5H3.